The molecule has 2 saturated carbocycles. The molecule has 1 spiro atoms. The van der Waals surface area contributed by atoms with Gasteiger partial charge in [0.15, 0.2) is 0 Å². The molecule has 2 aliphatic rings. The third kappa shape index (κ3) is 0.798. The average Bonchev–Trinajstić information content (AvgIpc) is 1.78. The number of rotatable bonds is 1. The molecule has 2 fully saturated rings. The smallest absolute Gasteiger partial charge is 0.0175 e. The van der Waals surface area contributed by atoms with Gasteiger partial charge in [-0.1, -0.05) is 6.42 Å². The second kappa shape index (κ2) is 2.20. The predicted molar refractivity (Wildman–Crippen MR) is 46.4 cm³/mol. The van der Waals surface area contributed by atoms with Crippen LogP contribution in [0.25, 0.3) is 0 Å². The summed E-state index contributed by atoms with van der Waals surface area (Å²) >= 11 is 0. The molecule has 0 unspecified atom stereocenters. The highest BCUT2D eigenvalue weighted by molar-refractivity contribution is 5.13. The Bertz CT molecular complexity index is 161. The van der Waals surface area contributed by atoms with Crippen LogP contribution in [0.2, 0.25) is 0 Å². The molecule has 0 bridgehead atoms. The van der Waals surface area contributed by atoms with Crippen molar-refractivity contribution in [3.8, 4) is 0 Å². The van der Waals surface area contributed by atoms with E-state index in [9.17, 15) is 0 Å². The predicted octanol–water partition coefficient (Wildman–Crippen LogP) is 0.818. The van der Waals surface area contributed by atoms with E-state index in [0.717, 1.165) is 6.04 Å². The highest BCUT2D eigenvalue weighted by Crippen LogP contribution is 2.56. The van der Waals surface area contributed by atoms with E-state index in [1.54, 1.807) is 0 Å². The van der Waals surface area contributed by atoms with Crippen molar-refractivity contribution >= 4 is 0 Å². The molecule has 2 aliphatic carbocycles. The Kier molecular flexibility index (Phi) is 1.52. The van der Waals surface area contributed by atoms with Crippen molar-refractivity contribution in [2.45, 2.75) is 37.8 Å². The molecule has 0 saturated heterocycles. The molecule has 0 aromatic heterocycles. The van der Waals surface area contributed by atoms with E-state index in [4.69, 9.17) is 5.73 Å². The zero-order valence-electron chi connectivity index (χ0n) is 7.51. The van der Waals surface area contributed by atoms with Crippen LogP contribution in [0.1, 0.15) is 25.7 Å². The number of hydrogen-bond acceptors (Lipinski definition) is 2. The van der Waals surface area contributed by atoms with Crippen molar-refractivity contribution in [1.29, 1.82) is 0 Å². The lowest BCUT2D eigenvalue weighted by molar-refractivity contribution is -0.0861. The lowest BCUT2D eigenvalue weighted by atomic mass is 9.50. The average molecular weight is 154 g/mol. The molecular weight excluding hydrogens is 136 g/mol. The summed E-state index contributed by atoms with van der Waals surface area (Å²) in [5, 5.41) is 0. The fourth-order valence-corrected chi connectivity index (χ4v) is 2.81. The molecule has 0 aromatic rings. The van der Waals surface area contributed by atoms with E-state index in [0.29, 0.717) is 11.5 Å². The van der Waals surface area contributed by atoms with Crippen LogP contribution in [0, 0.1) is 5.41 Å². The fraction of sp³-hybridized carbons (Fsp3) is 1.00. The fourth-order valence-electron chi connectivity index (χ4n) is 2.81. The van der Waals surface area contributed by atoms with Gasteiger partial charge >= 0.3 is 0 Å². The van der Waals surface area contributed by atoms with Gasteiger partial charge < -0.3 is 10.6 Å². The molecule has 0 aromatic carbocycles. The van der Waals surface area contributed by atoms with Crippen LogP contribution >= 0.6 is 0 Å². The molecule has 2 nitrogen and oxygen atoms in total. The van der Waals surface area contributed by atoms with Crippen molar-refractivity contribution in [2.75, 3.05) is 14.1 Å². The first-order valence-corrected chi connectivity index (χ1v) is 4.59. The van der Waals surface area contributed by atoms with Crippen LogP contribution in [0.4, 0.5) is 0 Å². The van der Waals surface area contributed by atoms with Crippen molar-refractivity contribution < 1.29 is 0 Å². The van der Waals surface area contributed by atoms with Gasteiger partial charge in [0, 0.05) is 17.5 Å². The molecule has 2 heteroatoms. The maximum absolute atomic E-state index is 6.02. The summed E-state index contributed by atoms with van der Waals surface area (Å²) in [6.45, 7) is 0. The highest BCUT2D eigenvalue weighted by atomic mass is 15.1. The van der Waals surface area contributed by atoms with Crippen LogP contribution in [-0.2, 0) is 0 Å². The third-order valence-electron chi connectivity index (χ3n) is 3.79. The van der Waals surface area contributed by atoms with Crippen molar-refractivity contribution in [3.63, 3.8) is 0 Å². The highest BCUT2D eigenvalue weighted by Gasteiger charge is 2.57. The first kappa shape index (κ1) is 7.56. The molecular formula is C9H18N2. The molecule has 2 rings (SSSR count). The largest absolute Gasteiger partial charge is 0.327 e. The number of hydrogen-bond donors (Lipinski definition) is 1. The Morgan fingerprint density at radius 1 is 1.36 bits per heavy atom. The minimum absolute atomic E-state index is 0.503. The van der Waals surface area contributed by atoms with Crippen molar-refractivity contribution in [2.24, 2.45) is 11.1 Å². The molecule has 0 heterocycles. The molecule has 2 atom stereocenters. The van der Waals surface area contributed by atoms with Gasteiger partial charge in [0.05, 0.1) is 0 Å². The first-order valence-electron chi connectivity index (χ1n) is 4.59. The number of nitrogens with two attached hydrogens (primary N) is 1. The minimum atomic E-state index is 0.503. The third-order valence-corrected chi connectivity index (χ3v) is 3.79. The standard InChI is InChI=1S/C9H18N2/c1-11(2)8-6-7(10)9(8)4-3-5-9/h7-8H,3-6,10H2,1-2H3/t7-,8-/m1/s1. The zero-order valence-corrected chi connectivity index (χ0v) is 7.51. The van der Waals surface area contributed by atoms with Gasteiger partial charge in [-0.15, -0.1) is 0 Å². The summed E-state index contributed by atoms with van der Waals surface area (Å²) in [5.41, 5.74) is 6.57. The molecule has 0 radical (unpaired) electrons. The van der Waals surface area contributed by atoms with Gasteiger partial charge in [0.1, 0.15) is 0 Å². The Labute approximate surface area is 68.7 Å². The Morgan fingerprint density at radius 2 is 2.00 bits per heavy atom. The summed E-state index contributed by atoms with van der Waals surface area (Å²) in [4.78, 5) is 2.35. The summed E-state index contributed by atoms with van der Waals surface area (Å²) < 4.78 is 0. The van der Waals surface area contributed by atoms with E-state index < -0.39 is 0 Å². The van der Waals surface area contributed by atoms with Crippen molar-refractivity contribution in [3.05, 3.63) is 0 Å². The lowest BCUT2D eigenvalue weighted by Gasteiger charge is -2.62. The van der Waals surface area contributed by atoms with Crippen molar-refractivity contribution in [1.82, 2.24) is 4.90 Å². The normalized spacial score (nSPS) is 40.4. The lowest BCUT2D eigenvalue weighted by Crippen LogP contribution is -2.68. The molecule has 0 amide bonds. The second-order valence-corrected chi connectivity index (χ2v) is 4.41. The molecule has 11 heavy (non-hydrogen) atoms. The van der Waals surface area contributed by atoms with Crippen LogP contribution < -0.4 is 5.73 Å². The van der Waals surface area contributed by atoms with Crippen LogP contribution in [0.3, 0.4) is 0 Å². The van der Waals surface area contributed by atoms with Crippen LogP contribution in [0.5, 0.6) is 0 Å². The minimum Gasteiger partial charge on any atom is -0.327 e. The number of nitrogens with zero attached hydrogens (tertiary/aromatic N) is 1. The van der Waals surface area contributed by atoms with E-state index in [1.165, 1.54) is 25.7 Å². The SMILES string of the molecule is CN(C)[C@@H]1C[C@@H](N)C12CCC2. The van der Waals surface area contributed by atoms with E-state index >= 15 is 0 Å². The van der Waals surface area contributed by atoms with Gasteiger partial charge in [-0.05, 0) is 33.4 Å². The van der Waals surface area contributed by atoms with E-state index in [2.05, 4.69) is 19.0 Å². The van der Waals surface area contributed by atoms with Gasteiger partial charge in [-0.25, -0.2) is 0 Å². The quantitative estimate of drug-likeness (QED) is 0.606. The zero-order chi connectivity index (χ0) is 8.06. The Hall–Kier alpha value is -0.0800. The van der Waals surface area contributed by atoms with Gasteiger partial charge in [0.25, 0.3) is 0 Å². The Morgan fingerprint density at radius 3 is 2.18 bits per heavy atom. The maximum Gasteiger partial charge on any atom is 0.0175 e. The van der Waals surface area contributed by atoms with Gasteiger partial charge in [-0.2, -0.15) is 0 Å². The van der Waals surface area contributed by atoms with E-state index in [1.807, 2.05) is 0 Å². The van der Waals surface area contributed by atoms with Gasteiger partial charge in [-0.3, -0.25) is 0 Å². The molecule has 2 N–H and O–H groups in total. The molecule has 64 valence electrons. The van der Waals surface area contributed by atoms with E-state index in [-0.39, 0.29) is 0 Å². The topological polar surface area (TPSA) is 29.3 Å². The van der Waals surface area contributed by atoms with Crippen LogP contribution in [-0.4, -0.2) is 31.1 Å². The second-order valence-electron chi connectivity index (χ2n) is 4.41. The monoisotopic (exact) mass is 154 g/mol. The summed E-state index contributed by atoms with van der Waals surface area (Å²) in [6.07, 6.45) is 5.36. The van der Waals surface area contributed by atoms with Crippen LogP contribution in [0.15, 0.2) is 0 Å². The summed E-state index contributed by atoms with van der Waals surface area (Å²) in [7, 11) is 4.35. The summed E-state index contributed by atoms with van der Waals surface area (Å²) in [6, 6.07) is 1.29. The maximum atomic E-state index is 6.02. The van der Waals surface area contributed by atoms with Gasteiger partial charge in [0.2, 0.25) is 0 Å². The molecule has 0 aliphatic heterocycles. The first-order chi connectivity index (χ1) is 5.17. The summed E-state index contributed by atoms with van der Waals surface area (Å²) in [5.74, 6) is 0. The Balaban J connectivity index is 2.05.